The van der Waals surface area contributed by atoms with Crippen LogP contribution in [0.5, 0.6) is 17.2 Å². The van der Waals surface area contributed by atoms with E-state index in [1.54, 1.807) is 46.5 Å². The van der Waals surface area contributed by atoms with Gasteiger partial charge in [0.15, 0.2) is 0 Å². The van der Waals surface area contributed by atoms with Crippen molar-refractivity contribution in [3.63, 3.8) is 0 Å². The van der Waals surface area contributed by atoms with E-state index in [2.05, 4.69) is 15.8 Å². The van der Waals surface area contributed by atoms with Gasteiger partial charge in [-0.25, -0.2) is 5.43 Å². The van der Waals surface area contributed by atoms with E-state index in [1.165, 1.54) is 0 Å². The number of rotatable bonds is 8. The Hall–Kier alpha value is -3.22. The molecular formula is C19H23N3O4. The number of nitrogens with one attached hydrogen (secondary N) is 2. The lowest BCUT2D eigenvalue weighted by Gasteiger charge is -2.11. The highest BCUT2D eigenvalue weighted by atomic mass is 16.5. The van der Waals surface area contributed by atoms with Gasteiger partial charge in [-0.15, -0.1) is 0 Å². The number of nitrogens with zero attached hydrogens (tertiary/aromatic N) is 1. The summed E-state index contributed by atoms with van der Waals surface area (Å²) < 4.78 is 15.7. The van der Waals surface area contributed by atoms with Gasteiger partial charge in [-0.3, -0.25) is 4.79 Å². The molecule has 0 unspecified atom stereocenters. The van der Waals surface area contributed by atoms with Crippen molar-refractivity contribution in [3.8, 4) is 17.2 Å². The fourth-order valence-corrected chi connectivity index (χ4v) is 2.26. The van der Waals surface area contributed by atoms with Crippen LogP contribution in [0.2, 0.25) is 0 Å². The number of methoxy groups -OCH3 is 3. The first-order valence-corrected chi connectivity index (χ1v) is 8.00. The Morgan fingerprint density at radius 2 is 1.73 bits per heavy atom. The predicted molar refractivity (Wildman–Crippen MR) is 101 cm³/mol. The van der Waals surface area contributed by atoms with Crippen LogP contribution in [0.1, 0.15) is 12.5 Å². The third-order valence-corrected chi connectivity index (χ3v) is 3.67. The van der Waals surface area contributed by atoms with E-state index in [1.807, 2.05) is 24.3 Å². The molecule has 1 amide bonds. The summed E-state index contributed by atoms with van der Waals surface area (Å²) >= 11 is 0. The molecule has 0 aliphatic carbocycles. The lowest BCUT2D eigenvalue weighted by atomic mass is 10.1. The average molecular weight is 357 g/mol. The number of ether oxygens (including phenoxy) is 3. The third-order valence-electron chi connectivity index (χ3n) is 3.67. The molecule has 2 rings (SSSR count). The van der Waals surface area contributed by atoms with E-state index < -0.39 is 0 Å². The van der Waals surface area contributed by atoms with Gasteiger partial charge in [0.2, 0.25) is 0 Å². The Morgan fingerprint density at radius 3 is 2.42 bits per heavy atom. The molecule has 0 radical (unpaired) electrons. The van der Waals surface area contributed by atoms with Crippen LogP contribution in [-0.4, -0.2) is 39.5 Å². The molecule has 0 fully saturated rings. The van der Waals surface area contributed by atoms with Gasteiger partial charge in [0.05, 0.1) is 33.6 Å². The topological polar surface area (TPSA) is 81.2 Å². The Balaban J connectivity index is 1.98. The predicted octanol–water partition coefficient (Wildman–Crippen LogP) is 2.66. The molecule has 0 atom stereocenters. The zero-order valence-electron chi connectivity index (χ0n) is 15.3. The van der Waals surface area contributed by atoms with Gasteiger partial charge < -0.3 is 19.5 Å². The van der Waals surface area contributed by atoms with Crippen LogP contribution in [0.4, 0.5) is 5.69 Å². The number of carbonyl (C=O) groups excluding carboxylic acids is 1. The minimum atomic E-state index is -0.269. The smallest absolute Gasteiger partial charge is 0.259 e. The van der Waals surface area contributed by atoms with Crippen molar-refractivity contribution in [2.45, 2.75) is 6.92 Å². The number of carbonyl (C=O) groups is 1. The number of amides is 1. The molecule has 138 valence electrons. The van der Waals surface area contributed by atoms with Crippen LogP contribution in [-0.2, 0) is 4.79 Å². The van der Waals surface area contributed by atoms with E-state index in [0.717, 1.165) is 17.0 Å². The lowest BCUT2D eigenvalue weighted by Crippen LogP contribution is -2.26. The molecule has 2 aromatic rings. The standard InChI is InChI=1S/C19H23N3O4/c1-13(17-11-16(25-3)8-9-18(17)26-4)21-22-19(23)12-20-14-6-5-7-15(10-14)24-2/h5-11,20H,12H2,1-4H3,(H,22,23)/b21-13-. The van der Waals surface area contributed by atoms with Gasteiger partial charge in [0.1, 0.15) is 17.2 Å². The van der Waals surface area contributed by atoms with Gasteiger partial charge in [0, 0.05) is 17.3 Å². The molecule has 0 aliphatic rings. The highest BCUT2D eigenvalue weighted by molar-refractivity contribution is 6.02. The number of hydrogen-bond donors (Lipinski definition) is 2. The first kappa shape index (κ1) is 19.1. The van der Waals surface area contributed by atoms with Crippen molar-refractivity contribution in [1.29, 1.82) is 0 Å². The summed E-state index contributed by atoms with van der Waals surface area (Å²) in [6.07, 6.45) is 0. The second-order valence-electron chi connectivity index (χ2n) is 5.38. The Kier molecular flexibility index (Phi) is 6.84. The molecule has 2 N–H and O–H groups in total. The van der Waals surface area contributed by atoms with Crippen LogP contribution >= 0.6 is 0 Å². The van der Waals surface area contributed by atoms with Gasteiger partial charge in [0.25, 0.3) is 5.91 Å². The van der Waals surface area contributed by atoms with Crippen LogP contribution in [0.25, 0.3) is 0 Å². The van der Waals surface area contributed by atoms with Gasteiger partial charge in [-0.05, 0) is 37.3 Å². The van der Waals surface area contributed by atoms with E-state index in [-0.39, 0.29) is 12.5 Å². The largest absolute Gasteiger partial charge is 0.497 e. The van der Waals surface area contributed by atoms with Crippen molar-refractivity contribution in [2.75, 3.05) is 33.2 Å². The first-order valence-electron chi connectivity index (χ1n) is 8.00. The SMILES string of the molecule is COc1cccc(NCC(=O)N/N=C(/C)c2cc(OC)ccc2OC)c1. The fourth-order valence-electron chi connectivity index (χ4n) is 2.26. The van der Waals surface area contributed by atoms with Crippen LogP contribution in [0, 0.1) is 0 Å². The molecule has 0 spiro atoms. The zero-order chi connectivity index (χ0) is 18.9. The maximum absolute atomic E-state index is 12.0. The second-order valence-corrected chi connectivity index (χ2v) is 5.38. The second kappa shape index (κ2) is 9.31. The molecule has 0 bridgehead atoms. The van der Waals surface area contributed by atoms with Gasteiger partial charge >= 0.3 is 0 Å². The maximum atomic E-state index is 12.0. The van der Waals surface area contributed by atoms with Crippen molar-refractivity contribution in [1.82, 2.24) is 5.43 Å². The monoisotopic (exact) mass is 357 g/mol. The summed E-state index contributed by atoms with van der Waals surface area (Å²) in [4.78, 5) is 12.0. The highest BCUT2D eigenvalue weighted by Gasteiger charge is 2.09. The van der Waals surface area contributed by atoms with Gasteiger partial charge in [-0.1, -0.05) is 6.07 Å². The number of benzene rings is 2. The number of hydrogen-bond acceptors (Lipinski definition) is 6. The first-order chi connectivity index (χ1) is 12.6. The molecule has 0 aliphatic heterocycles. The van der Waals surface area contributed by atoms with Gasteiger partial charge in [-0.2, -0.15) is 5.10 Å². The van der Waals surface area contributed by atoms with E-state index >= 15 is 0 Å². The molecule has 0 saturated carbocycles. The molecule has 0 heterocycles. The summed E-state index contributed by atoms with van der Waals surface area (Å²) in [6.45, 7) is 1.87. The Bertz CT molecular complexity index is 790. The molecule has 0 aromatic heterocycles. The zero-order valence-corrected chi connectivity index (χ0v) is 15.3. The molecule has 0 saturated heterocycles. The summed E-state index contributed by atoms with van der Waals surface area (Å²) in [5.74, 6) is 1.78. The summed E-state index contributed by atoms with van der Waals surface area (Å²) in [6, 6.07) is 12.7. The van der Waals surface area contributed by atoms with E-state index in [9.17, 15) is 4.79 Å². The fraction of sp³-hybridized carbons (Fsp3) is 0.263. The minimum Gasteiger partial charge on any atom is -0.497 e. The molecular weight excluding hydrogens is 334 g/mol. The van der Waals surface area contributed by atoms with Crippen molar-refractivity contribution in [2.24, 2.45) is 5.10 Å². The average Bonchev–Trinajstić information content (AvgIpc) is 2.69. The Morgan fingerprint density at radius 1 is 1.00 bits per heavy atom. The number of hydrazone groups is 1. The quantitative estimate of drug-likeness (QED) is 0.561. The highest BCUT2D eigenvalue weighted by Crippen LogP contribution is 2.24. The van der Waals surface area contributed by atoms with Crippen LogP contribution in [0.3, 0.4) is 0 Å². The summed E-state index contributed by atoms with van der Waals surface area (Å²) in [7, 11) is 4.76. The van der Waals surface area contributed by atoms with Crippen molar-refractivity contribution in [3.05, 3.63) is 48.0 Å². The molecule has 7 heteroatoms. The number of anilines is 1. The minimum absolute atomic E-state index is 0.0825. The van der Waals surface area contributed by atoms with Crippen LogP contribution in [0.15, 0.2) is 47.6 Å². The molecule has 2 aromatic carbocycles. The maximum Gasteiger partial charge on any atom is 0.259 e. The van der Waals surface area contributed by atoms with E-state index in [4.69, 9.17) is 14.2 Å². The summed E-state index contributed by atoms with van der Waals surface area (Å²) in [5, 5.41) is 7.16. The molecule has 7 nitrogen and oxygen atoms in total. The lowest BCUT2D eigenvalue weighted by molar-refractivity contribution is -0.119. The van der Waals surface area contributed by atoms with E-state index in [0.29, 0.717) is 17.2 Å². The van der Waals surface area contributed by atoms with Crippen molar-refractivity contribution >= 4 is 17.3 Å². The molecule has 26 heavy (non-hydrogen) atoms. The Labute approximate surface area is 153 Å². The van der Waals surface area contributed by atoms with Crippen LogP contribution < -0.4 is 25.0 Å². The van der Waals surface area contributed by atoms with Crippen molar-refractivity contribution < 1.29 is 19.0 Å². The summed E-state index contributed by atoms with van der Waals surface area (Å²) in [5.41, 5.74) is 4.66. The normalized spacial score (nSPS) is 10.8. The third kappa shape index (κ3) is 5.14.